The van der Waals surface area contributed by atoms with Gasteiger partial charge in [-0.25, -0.2) is 4.79 Å². The van der Waals surface area contributed by atoms with Gasteiger partial charge in [0.2, 0.25) is 0 Å². The van der Waals surface area contributed by atoms with Gasteiger partial charge in [-0.1, -0.05) is 91.0 Å². The SMILES string of the molecule is CC(=O)O.O=C=P(c1ccccc1)(c1ccccc1)c1ccccc1. The molecular weight excluding hydrogens is 331 g/mol. The van der Waals surface area contributed by atoms with E-state index in [1.807, 2.05) is 91.0 Å². The average Bonchev–Trinajstić information content (AvgIpc) is 2.65. The molecule has 0 heterocycles. The number of rotatable bonds is 3. The predicted octanol–water partition coefficient (Wildman–Crippen LogP) is 3.14. The normalized spacial score (nSPS) is 10.1. The Bertz CT molecular complexity index is 777. The van der Waals surface area contributed by atoms with Crippen LogP contribution in [0.25, 0.3) is 0 Å². The zero-order valence-corrected chi connectivity index (χ0v) is 14.8. The fourth-order valence-corrected chi connectivity index (χ4v) is 5.63. The van der Waals surface area contributed by atoms with Crippen molar-refractivity contribution in [3.05, 3.63) is 91.0 Å². The first-order valence-electron chi connectivity index (χ1n) is 7.76. The van der Waals surface area contributed by atoms with Gasteiger partial charge in [0.1, 0.15) is 5.66 Å². The molecule has 0 bridgehead atoms. The summed E-state index contributed by atoms with van der Waals surface area (Å²) in [5.74, 6) is -0.833. The molecule has 0 aliphatic heterocycles. The Morgan fingerprint density at radius 3 is 1.16 bits per heavy atom. The first-order valence-corrected chi connectivity index (χ1v) is 9.55. The number of aliphatic carboxylic acids is 1. The summed E-state index contributed by atoms with van der Waals surface area (Å²) in [5.41, 5.74) is 2.43. The van der Waals surface area contributed by atoms with Gasteiger partial charge in [-0.05, 0) is 15.9 Å². The van der Waals surface area contributed by atoms with Crippen molar-refractivity contribution >= 4 is 34.4 Å². The van der Waals surface area contributed by atoms with Crippen LogP contribution < -0.4 is 15.9 Å². The zero-order valence-electron chi connectivity index (χ0n) is 13.9. The highest BCUT2D eigenvalue weighted by Gasteiger charge is 2.26. The Morgan fingerprint density at radius 1 is 0.720 bits per heavy atom. The van der Waals surface area contributed by atoms with Crippen LogP contribution in [0.15, 0.2) is 91.0 Å². The number of hydrogen-bond acceptors (Lipinski definition) is 2. The Labute approximate surface area is 147 Å². The standard InChI is InChI=1S/C19H15OP.C2H4O2/c20-16-21(17-10-4-1-5-11-17,18-12-6-2-7-13-18)19-14-8-3-9-15-19;1-2(3)4/h1-15H;1H3,(H,3,4). The van der Waals surface area contributed by atoms with Crippen LogP contribution >= 0.6 is 6.89 Å². The number of carbonyl (C=O) groups is 1. The second-order valence-electron chi connectivity index (χ2n) is 5.29. The van der Waals surface area contributed by atoms with Crippen LogP contribution in [0.2, 0.25) is 0 Å². The number of carboxylic acid groups (broad SMARTS) is 1. The van der Waals surface area contributed by atoms with Gasteiger partial charge in [-0.3, -0.25) is 4.79 Å². The lowest BCUT2D eigenvalue weighted by Gasteiger charge is -2.23. The lowest BCUT2D eigenvalue weighted by Crippen LogP contribution is -2.25. The number of carboxylic acids is 1. The van der Waals surface area contributed by atoms with Crippen molar-refractivity contribution in [1.82, 2.24) is 0 Å². The smallest absolute Gasteiger partial charge is 0.300 e. The summed E-state index contributed by atoms with van der Waals surface area (Å²) in [5, 5.41) is 10.5. The lowest BCUT2D eigenvalue weighted by molar-refractivity contribution is -0.134. The lowest BCUT2D eigenvalue weighted by atomic mass is 10.4. The van der Waals surface area contributed by atoms with E-state index in [2.05, 4.69) is 5.66 Å². The Hall–Kier alpha value is -2.86. The van der Waals surface area contributed by atoms with Crippen LogP contribution in [-0.4, -0.2) is 16.7 Å². The van der Waals surface area contributed by atoms with Crippen LogP contribution in [0.5, 0.6) is 0 Å². The topological polar surface area (TPSA) is 54.4 Å². The summed E-state index contributed by atoms with van der Waals surface area (Å²) in [6.45, 7) is -1.26. The maximum atomic E-state index is 12.2. The first-order chi connectivity index (χ1) is 12.1. The summed E-state index contributed by atoms with van der Waals surface area (Å²) in [4.78, 5) is 21.2. The van der Waals surface area contributed by atoms with Gasteiger partial charge in [-0.15, -0.1) is 0 Å². The predicted molar refractivity (Wildman–Crippen MR) is 104 cm³/mol. The van der Waals surface area contributed by atoms with E-state index < -0.39 is 12.9 Å². The molecule has 0 aromatic heterocycles. The van der Waals surface area contributed by atoms with Crippen molar-refractivity contribution in [3.63, 3.8) is 0 Å². The van der Waals surface area contributed by atoms with Crippen LogP contribution in [0.1, 0.15) is 6.92 Å². The van der Waals surface area contributed by atoms with E-state index in [0.717, 1.165) is 22.8 Å². The van der Waals surface area contributed by atoms with Crippen LogP contribution in [0, 0.1) is 0 Å². The molecule has 0 radical (unpaired) electrons. The van der Waals surface area contributed by atoms with Crippen molar-refractivity contribution < 1.29 is 14.7 Å². The molecule has 0 amide bonds. The van der Waals surface area contributed by atoms with E-state index >= 15 is 0 Å². The van der Waals surface area contributed by atoms with E-state index in [9.17, 15) is 4.79 Å². The molecule has 1 N–H and O–H groups in total. The van der Waals surface area contributed by atoms with Gasteiger partial charge in [0.05, 0.1) is 6.89 Å². The molecule has 126 valence electrons. The van der Waals surface area contributed by atoms with Crippen molar-refractivity contribution in [3.8, 4) is 0 Å². The highest BCUT2D eigenvalue weighted by atomic mass is 31.2. The summed E-state index contributed by atoms with van der Waals surface area (Å²) in [7, 11) is 0. The molecule has 25 heavy (non-hydrogen) atoms. The molecule has 3 rings (SSSR count). The van der Waals surface area contributed by atoms with Crippen molar-refractivity contribution in [2.75, 3.05) is 0 Å². The van der Waals surface area contributed by atoms with E-state index in [4.69, 9.17) is 9.90 Å². The van der Waals surface area contributed by atoms with Gasteiger partial charge in [-0.2, -0.15) is 0 Å². The van der Waals surface area contributed by atoms with Crippen LogP contribution in [0.3, 0.4) is 0 Å². The number of carbonyl (C=O) groups excluding carboxylic acids is 1. The molecule has 0 aliphatic carbocycles. The minimum atomic E-state index is -2.34. The van der Waals surface area contributed by atoms with E-state index in [-0.39, 0.29) is 0 Å². The molecule has 3 nitrogen and oxygen atoms in total. The third-order valence-electron chi connectivity index (χ3n) is 3.57. The molecule has 3 aromatic rings. The third kappa shape index (κ3) is 4.36. The van der Waals surface area contributed by atoms with E-state index in [1.54, 1.807) is 0 Å². The van der Waals surface area contributed by atoms with E-state index in [1.165, 1.54) is 0 Å². The quantitative estimate of drug-likeness (QED) is 0.739. The summed E-state index contributed by atoms with van der Waals surface area (Å²) in [6.07, 6.45) is 0. The largest absolute Gasteiger partial charge is 0.481 e. The van der Waals surface area contributed by atoms with Crippen molar-refractivity contribution in [2.24, 2.45) is 0 Å². The van der Waals surface area contributed by atoms with Crippen LogP contribution in [0.4, 0.5) is 0 Å². The molecule has 0 atom stereocenters. The van der Waals surface area contributed by atoms with Crippen molar-refractivity contribution in [1.29, 1.82) is 0 Å². The Balaban J connectivity index is 0.000000511. The number of benzene rings is 3. The Morgan fingerprint density at radius 2 is 0.960 bits per heavy atom. The van der Waals surface area contributed by atoms with Gasteiger partial charge in [0.25, 0.3) is 5.97 Å². The molecule has 0 saturated heterocycles. The fourth-order valence-electron chi connectivity index (χ4n) is 2.56. The molecule has 0 spiro atoms. The van der Waals surface area contributed by atoms with Gasteiger partial charge >= 0.3 is 0 Å². The second kappa shape index (κ2) is 8.84. The highest BCUT2D eigenvalue weighted by Crippen LogP contribution is 2.42. The van der Waals surface area contributed by atoms with E-state index in [0.29, 0.717) is 0 Å². The van der Waals surface area contributed by atoms with Gasteiger partial charge < -0.3 is 5.11 Å². The third-order valence-corrected chi connectivity index (χ3v) is 7.06. The summed E-state index contributed by atoms with van der Waals surface area (Å²) in [6, 6.07) is 29.9. The monoisotopic (exact) mass is 350 g/mol. The second-order valence-corrected chi connectivity index (χ2v) is 8.36. The van der Waals surface area contributed by atoms with Crippen LogP contribution in [-0.2, 0) is 9.59 Å². The number of hydrogen-bond donors (Lipinski definition) is 1. The molecule has 0 unspecified atom stereocenters. The van der Waals surface area contributed by atoms with Gasteiger partial charge in [0.15, 0.2) is 0 Å². The molecule has 0 aliphatic rings. The zero-order chi connectivity index (χ0) is 18.1. The first kappa shape index (κ1) is 18.5. The maximum Gasteiger partial charge on any atom is 0.300 e. The Kier molecular flexibility index (Phi) is 6.54. The fraction of sp³-hybridized carbons (Fsp3) is 0.0476. The molecular formula is C21H19O3P. The molecule has 4 heteroatoms. The molecule has 0 saturated carbocycles. The highest BCUT2D eigenvalue weighted by molar-refractivity contribution is 7.93. The van der Waals surface area contributed by atoms with Crippen molar-refractivity contribution in [2.45, 2.75) is 6.92 Å². The molecule has 0 fully saturated rings. The minimum absolute atomic E-state index is 0.833. The maximum absolute atomic E-state index is 12.2. The van der Waals surface area contributed by atoms with Gasteiger partial charge in [0, 0.05) is 6.92 Å². The average molecular weight is 350 g/mol. The minimum Gasteiger partial charge on any atom is -0.481 e. The summed E-state index contributed by atoms with van der Waals surface area (Å²) >= 11 is 0. The molecule has 3 aromatic carbocycles. The summed E-state index contributed by atoms with van der Waals surface area (Å²) < 4.78 is 0.